The number of carbonyl (C=O) groups excluding carboxylic acids is 4. The van der Waals surface area contributed by atoms with Crippen molar-refractivity contribution >= 4 is 52.3 Å². The van der Waals surface area contributed by atoms with E-state index in [0.717, 1.165) is 97.9 Å². The molecule has 2 aromatic carbocycles. The summed E-state index contributed by atoms with van der Waals surface area (Å²) in [5, 5.41) is 23.3. The normalized spacial score (nSPS) is 20.4. The van der Waals surface area contributed by atoms with Crippen LogP contribution in [-0.2, 0) is 25.7 Å². The fraction of sp³-hybridized carbons (Fsp3) is 0.603. The van der Waals surface area contributed by atoms with Gasteiger partial charge in [-0.1, -0.05) is 84.6 Å². The maximum Gasteiger partial charge on any atom is 0.246 e. The number of rotatable bonds is 20. The van der Waals surface area contributed by atoms with Crippen molar-refractivity contribution in [3.8, 4) is 10.4 Å². The number of piperidine rings is 2. The van der Waals surface area contributed by atoms with Crippen molar-refractivity contribution in [1.29, 1.82) is 0 Å². The molecule has 4 saturated heterocycles. The van der Waals surface area contributed by atoms with Crippen molar-refractivity contribution in [2.45, 2.75) is 162 Å². The van der Waals surface area contributed by atoms with Crippen LogP contribution in [0, 0.1) is 29.4 Å². The van der Waals surface area contributed by atoms with Crippen LogP contribution in [0.1, 0.15) is 141 Å². The predicted octanol–water partition coefficient (Wildman–Crippen LogP) is 8.30. The highest BCUT2D eigenvalue weighted by molar-refractivity contribution is 7.13. The molecule has 8 rings (SSSR count). The van der Waals surface area contributed by atoms with Gasteiger partial charge in [0.05, 0.1) is 46.0 Å². The van der Waals surface area contributed by atoms with Crippen molar-refractivity contribution in [3.05, 3.63) is 82.8 Å². The Hall–Kier alpha value is -5.79. The molecule has 1 spiro atoms. The number of nitrogens with zero attached hydrogens (tertiary/aromatic N) is 7. The summed E-state index contributed by atoms with van der Waals surface area (Å²) in [6.45, 7) is 18.5. The van der Waals surface area contributed by atoms with E-state index in [-0.39, 0.29) is 66.7 Å². The molecule has 0 bridgehead atoms. The average molecular weight is 1080 g/mol. The second-order valence-corrected chi connectivity index (χ2v) is 24.8. The summed E-state index contributed by atoms with van der Waals surface area (Å²) in [5.41, 5.74) is 4.28. The fourth-order valence-corrected chi connectivity index (χ4v) is 12.1. The van der Waals surface area contributed by atoms with Crippen LogP contribution < -0.4 is 31.1 Å². The number of hydrogen-bond donors (Lipinski definition) is 5. The second kappa shape index (κ2) is 24.9. The van der Waals surface area contributed by atoms with Crippen molar-refractivity contribution in [3.63, 3.8) is 0 Å². The number of aliphatic hydroxyl groups is 1. The van der Waals surface area contributed by atoms with E-state index in [9.17, 15) is 24.3 Å². The summed E-state index contributed by atoms with van der Waals surface area (Å²) in [6, 6.07) is 10.4. The molecule has 4 aromatic rings. The van der Waals surface area contributed by atoms with E-state index < -0.39 is 40.8 Å². The lowest BCUT2D eigenvalue weighted by atomic mass is 9.82. The molecule has 4 aliphatic heterocycles. The molecule has 0 aliphatic carbocycles. The molecule has 19 heteroatoms. The number of nitrogens with one attached hydrogen (secondary N) is 4. The van der Waals surface area contributed by atoms with Crippen LogP contribution in [0.5, 0.6) is 0 Å². The zero-order valence-electron chi connectivity index (χ0n) is 46.2. The van der Waals surface area contributed by atoms with Gasteiger partial charge in [0.15, 0.2) is 0 Å². The summed E-state index contributed by atoms with van der Waals surface area (Å²) in [4.78, 5) is 76.2. The SMILES string of the molecule is Cc1ncsc1-c1ccc([C@H](C)NC(=O)[C@@H]2CC(O)CN2C(=O)[C@@H](NC(=O)CCCCCCCCNc2cc(N3CCC4(CC3)CN(c3cc(F)c(CN5CCC(C)(C)CC5)cc3F)CC(=O)N4)ncn2)C(C)(C)C)cc1. The van der Waals surface area contributed by atoms with E-state index in [0.29, 0.717) is 51.0 Å². The minimum atomic E-state index is -0.877. The minimum absolute atomic E-state index is 0.0144. The Balaban J connectivity index is 0.722. The smallest absolute Gasteiger partial charge is 0.246 e. The lowest BCUT2D eigenvalue weighted by molar-refractivity contribution is -0.144. The molecule has 4 fully saturated rings. The molecule has 0 saturated carbocycles. The number of unbranched alkanes of at least 4 members (excludes halogenated alkanes) is 5. The van der Waals surface area contributed by atoms with Gasteiger partial charge in [0, 0.05) is 69.8 Å². The first-order valence-electron chi connectivity index (χ1n) is 27.8. The number of thiazole rings is 1. The number of aromatic nitrogens is 3. The molecule has 418 valence electrons. The summed E-state index contributed by atoms with van der Waals surface area (Å²) in [6.07, 6.45) is 9.84. The predicted molar refractivity (Wildman–Crippen MR) is 298 cm³/mol. The zero-order valence-corrected chi connectivity index (χ0v) is 47.0. The molecule has 2 aromatic heterocycles. The number of β-amino-alcohol motifs (C(OH)–C–C–N with tert-alkyl or cyclic N) is 1. The first kappa shape index (κ1) is 57.4. The van der Waals surface area contributed by atoms with Gasteiger partial charge in [0.2, 0.25) is 23.6 Å². The molecule has 0 radical (unpaired) electrons. The summed E-state index contributed by atoms with van der Waals surface area (Å²) >= 11 is 1.58. The van der Waals surface area contributed by atoms with Crippen LogP contribution in [0.4, 0.5) is 26.1 Å². The van der Waals surface area contributed by atoms with Gasteiger partial charge in [-0.3, -0.25) is 24.1 Å². The molecule has 5 N–H and O–H groups in total. The lowest BCUT2D eigenvalue weighted by Gasteiger charge is -2.48. The highest BCUT2D eigenvalue weighted by Gasteiger charge is 2.45. The number of hydrogen-bond acceptors (Lipinski definition) is 13. The van der Waals surface area contributed by atoms with Crippen molar-refractivity contribution < 1.29 is 33.1 Å². The monoisotopic (exact) mass is 1080 g/mol. The van der Waals surface area contributed by atoms with Gasteiger partial charge in [-0.05, 0) is 93.5 Å². The number of anilines is 3. The van der Waals surface area contributed by atoms with Gasteiger partial charge in [-0.25, -0.2) is 23.7 Å². The number of carbonyl (C=O) groups is 4. The Morgan fingerprint density at radius 1 is 0.883 bits per heavy atom. The second-order valence-electron chi connectivity index (χ2n) is 23.9. The molecule has 16 nitrogen and oxygen atoms in total. The Morgan fingerprint density at radius 3 is 2.27 bits per heavy atom. The van der Waals surface area contributed by atoms with Crippen LogP contribution in [0.3, 0.4) is 0 Å². The van der Waals surface area contributed by atoms with Crippen LogP contribution in [0.2, 0.25) is 0 Å². The van der Waals surface area contributed by atoms with Gasteiger partial charge in [0.25, 0.3) is 0 Å². The molecule has 6 heterocycles. The van der Waals surface area contributed by atoms with Crippen LogP contribution in [0.25, 0.3) is 10.4 Å². The Kier molecular flexibility index (Phi) is 18.6. The number of amides is 4. The molecule has 1 unspecified atom stereocenters. The van der Waals surface area contributed by atoms with E-state index >= 15 is 8.78 Å². The summed E-state index contributed by atoms with van der Waals surface area (Å²) < 4.78 is 31.2. The van der Waals surface area contributed by atoms with E-state index in [1.54, 1.807) is 22.6 Å². The van der Waals surface area contributed by atoms with E-state index in [1.807, 2.05) is 70.5 Å². The molecular formula is C58H81F2N11O5S. The van der Waals surface area contributed by atoms with Gasteiger partial charge in [0.1, 0.15) is 41.7 Å². The maximum atomic E-state index is 15.7. The molecular weight excluding hydrogens is 1000 g/mol. The Morgan fingerprint density at radius 2 is 1.58 bits per heavy atom. The van der Waals surface area contributed by atoms with Gasteiger partial charge < -0.3 is 41.1 Å². The third-order valence-electron chi connectivity index (χ3n) is 16.2. The van der Waals surface area contributed by atoms with E-state index in [4.69, 9.17) is 0 Å². The first-order chi connectivity index (χ1) is 36.7. The van der Waals surface area contributed by atoms with Gasteiger partial charge in [-0.15, -0.1) is 11.3 Å². The highest BCUT2D eigenvalue weighted by Crippen LogP contribution is 2.35. The third kappa shape index (κ3) is 14.9. The summed E-state index contributed by atoms with van der Waals surface area (Å²) in [5.74, 6) is -0.574. The molecule has 4 amide bonds. The van der Waals surface area contributed by atoms with Crippen molar-refractivity contribution in [2.75, 3.05) is 67.5 Å². The van der Waals surface area contributed by atoms with Gasteiger partial charge >= 0.3 is 0 Å². The standard InChI is InChI=1S/C58H81F2N11O5S/c1-38(40-15-17-41(18-16-40)52-39(2)64-37-77-52)65-54(75)47-29-43(72)33-71(47)55(76)53(56(3,4)5)66-50(73)14-12-10-8-9-11-13-23-61-48-31-49(63-36-62-48)69-26-21-58(22-27-69)35-70(34-51(74)67-58)46-30-44(59)42(28-45(46)60)32-68-24-19-57(6,7)20-25-68/h15-18,28,30-31,36-38,43,47,53,72H,8-14,19-27,29,32-35H2,1-7H3,(H,65,75)(H,66,73)(H,67,74)(H,61,62,63)/t38-,43?,47-,53+/m0/s1. The van der Waals surface area contributed by atoms with Crippen molar-refractivity contribution in [1.82, 2.24) is 40.7 Å². The topological polar surface area (TPSA) is 188 Å². The first-order valence-corrected chi connectivity index (χ1v) is 28.7. The van der Waals surface area contributed by atoms with Crippen LogP contribution in [-0.4, -0.2) is 130 Å². The van der Waals surface area contributed by atoms with Crippen LogP contribution >= 0.6 is 11.3 Å². The number of piperazine rings is 1. The molecule has 77 heavy (non-hydrogen) atoms. The third-order valence-corrected chi connectivity index (χ3v) is 17.2. The quantitative estimate of drug-likeness (QED) is 0.0534. The fourth-order valence-electron chi connectivity index (χ4n) is 11.3. The largest absolute Gasteiger partial charge is 0.391 e. The maximum absolute atomic E-state index is 15.7. The van der Waals surface area contributed by atoms with Crippen LogP contribution in [0.15, 0.2) is 54.3 Å². The van der Waals surface area contributed by atoms with E-state index in [1.165, 1.54) is 17.0 Å². The number of likely N-dealkylation sites (tertiary alicyclic amines) is 2. The van der Waals surface area contributed by atoms with Crippen molar-refractivity contribution in [2.24, 2.45) is 10.8 Å². The lowest BCUT2D eigenvalue weighted by Crippen LogP contribution is -2.66. The zero-order chi connectivity index (χ0) is 55.1. The Bertz CT molecular complexity index is 2680. The minimum Gasteiger partial charge on any atom is -0.391 e. The Labute approximate surface area is 457 Å². The molecule has 4 aliphatic rings. The van der Waals surface area contributed by atoms with Gasteiger partial charge in [-0.2, -0.15) is 0 Å². The highest BCUT2D eigenvalue weighted by atomic mass is 32.1. The number of aliphatic hydroxyl groups excluding tert-OH is 1. The average Bonchev–Trinajstić information content (AvgIpc) is 4.02. The summed E-state index contributed by atoms with van der Waals surface area (Å²) in [7, 11) is 0. The molecule has 4 atom stereocenters. The number of aryl methyl sites for hydroxylation is 1. The number of halogens is 2. The number of benzene rings is 2. The van der Waals surface area contributed by atoms with E-state index in [2.05, 4.69) is 59.9 Å².